The van der Waals surface area contributed by atoms with E-state index in [-0.39, 0.29) is 0 Å². The molecular weight excluding hydrogens is 136 g/mol. The zero-order chi connectivity index (χ0) is 8.85. The molecule has 0 spiro atoms. The molecule has 0 aromatic carbocycles. The molecule has 0 saturated heterocycles. The molecule has 11 heavy (non-hydrogen) atoms. The Hall–Kier alpha value is -0.500. The summed E-state index contributed by atoms with van der Waals surface area (Å²) in [7, 11) is 0. The third-order valence-corrected chi connectivity index (χ3v) is 1.46. The van der Waals surface area contributed by atoms with Gasteiger partial charge in [0, 0.05) is 18.8 Å². The highest BCUT2D eigenvalue weighted by Crippen LogP contribution is 2.05. The van der Waals surface area contributed by atoms with Crippen molar-refractivity contribution in [1.29, 1.82) is 0 Å². The third kappa shape index (κ3) is 3.42. The minimum Gasteiger partial charge on any atom is -0.313 e. The van der Waals surface area contributed by atoms with Crippen LogP contribution in [0.5, 0.6) is 0 Å². The monoisotopic (exact) mass is 156 g/mol. The summed E-state index contributed by atoms with van der Waals surface area (Å²) in [5.74, 6) is 0. The van der Waals surface area contributed by atoms with E-state index < -0.39 is 0 Å². The first-order chi connectivity index (χ1) is 5.20. The van der Waals surface area contributed by atoms with Crippen LogP contribution in [0, 0.1) is 0 Å². The topological polar surface area (TPSA) is 15.3 Å². The molecule has 2 heteroatoms. The Morgan fingerprint density at radius 3 is 2.18 bits per heavy atom. The molecule has 1 aliphatic heterocycles. The third-order valence-electron chi connectivity index (χ3n) is 1.46. The van der Waals surface area contributed by atoms with Crippen molar-refractivity contribution in [2.45, 2.75) is 40.7 Å². The van der Waals surface area contributed by atoms with E-state index in [0.29, 0.717) is 6.04 Å². The van der Waals surface area contributed by atoms with Gasteiger partial charge in [0.25, 0.3) is 0 Å². The van der Waals surface area contributed by atoms with Gasteiger partial charge in [-0.3, -0.25) is 0 Å². The highest BCUT2D eigenvalue weighted by molar-refractivity contribution is 5.04. The van der Waals surface area contributed by atoms with Crippen LogP contribution in [0.15, 0.2) is 11.8 Å². The normalized spacial score (nSPS) is 16.2. The molecular formula is C9H20N2. The summed E-state index contributed by atoms with van der Waals surface area (Å²) >= 11 is 0. The summed E-state index contributed by atoms with van der Waals surface area (Å²) in [6, 6.07) is 0.572. The average molecular weight is 156 g/mol. The quantitative estimate of drug-likeness (QED) is 0.625. The molecule has 1 N–H and O–H groups in total. The molecule has 1 rings (SSSR count). The molecule has 0 aromatic rings. The Morgan fingerprint density at radius 2 is 2.00 bits per heavy atom. The summed E-state index contributed by atoms with van der Waals surface area (Å²) in [6.07, 6.45) is 2.16. The molecule has 0 aromatic heterocycles. The summed E-state index contributed by atoms with van der Waals surface area (Å²) in [5, 5.41) is 2.13. The predicted molar refractivity (Wildman–Crippen MR) is 50.1 cm³/mol. The summed E-state index contributed by atoms with van der Waals surface area (Å²) in [4.78, 5) is 0. The highest BCUT2D eigenvalue weighted by Gasteiger charge is 2.09. The maximum absolute atomic E-state index is 3.25. The van der Waals surface area contributed by atoms with E-state index in [1.165, 1.54) is 5.57 Å². The number of rotatable bonds is 1. The van der Waals surface area contributed by atoms with Crippen molar-refractivity contribution in [2.24, 2.45) is 0 Å². The van der Waals surface area contributed by atoms with Gasteiger partial charge in [0.05, 0.1) is 0 Å². The molecule has 0 bridgehead atoms. The summed E-state index contributed by atoms with van der Waals surface area (Å²) in [6.45, 7) is 11.5. The fraction of sp³-hybridized carbons (Fsp3) is 0.778. The van der Waals surface area contributed by atoms with E-state index in [4.69, 9.17) is 0 Å². The molecule has 1 heterocycles. The molecule has 66 valence electrons. The van der Waals surface area contributed by atoms with Crippen molar-refractivity contribution in [1.82, 2.24) is 10.4 Å². The van der Waals surface area contributed by atoms with Crippen LogP contribution in [0.4, 0.5) is 0 Å². The number of nitrogens with zero attached hydrogens (tertiary/aromatic N) is 1. The van der Waals surface area contributed by atoms with E-state index >= 15 is 0 Å². The Morgan fingerprint density at radius 1 is 1.45 bits per heavy atom. The van der Waals surface area contributed by atoms with Crippen LogP contribution < -0.4 is 5.43 Å². The van der Waals surface area contributed by atoms with Gasteiger partial charge in [0.15, 0.2) is 0 Å². The van der Waals surface area contributed by atoms with Crippen molar-refractivity contribution in [3.05, 3.63) is 11.8 Å². The van der Waals surface area contributed by atoms with Crippen LogP contribution in [-0.4, -0.2) is 17.6 Å². The lowest BCUT2D eigenvalue weighted by molar-refractivity contribution is 0.250. The van der Waals surface area contributed by atoms with Crippen molar-refractivity contribution >= 4 is 0 Å². The molecule has 0 unspecified atom stereocenters. The van der Waals surface area contributed by atoms with Crippen molar-refractivity contribution in [2.75, 3.05) is 6.54 Å². The van der Waals surface area contributed by atoms with Gasteiger partial charge in [0.1, 0.15) is 0 Å². The fourth-order valence-electron chi connectivity index (χ4n) is 0.876. The summed E-state index contributed by atoms with van der Waals surface area (Å²) in [5.41, 5.74) is 4.65. The second kappa shape index (κ2) is 5.19. The largest absolute Gasteiger partial charge is 0.313 e. The van der Waals surface area contributed by atoms with Crippen LogP contribution in [0.3, 0.4) is 0 Å². The van der Waals surface area contributed by atoms with Crippen molar-refractivity contribution in [3.63, 3.8) is 0 Å². The van der Waals surface area contributed by atoms with Gasteiger partial charge in [-0.05, 0) is 26.3 Å². The van der Waals surface area contributed by atoms with E-state index in [9.17, 15) is 0 Å². The second-order valence-electron chi connectivity index (χ2n) is 2.81. The average Bonchev–Trinajstić information content (AvgIpc) is 2.40. The Kier molecular flexibility index (Phi) is 4.95. The first-order valence-electron chi connectivity index (χ1n) is 4.39. The number of hydrogen-bond acceptors (Lipinski definition) is 2. The molecule has 2 nitrogen and oxygen atoms in total. The number of nitrogens with one attached hydrogen (secondary N) is 1. The van der Waals surface area contributed by atoms with Crippen LogP contribution in [0.1, 0.15) is 34.6 Å². The minimum atomic E-state index is 0.572. The van der Waals surface area contributed by atoms with Crippen LogP contribution in [-0.2, 0) is 0 Å². The van der Waals surface area contributed by atoms with E-state index in [1.807, 2.05) is 13.8 Å². The van der Waals surface area contributed by atoms with E-state index in [2.05, 4.69) is 37.4 Å². The predicted octanol–water partition coefficient (Wildman–Crippen LogP) is 2.15. The lowest BCUT2D eigenvalue weighted by Gasteiger charge is -2.19. The zero-order valence-electron chi connectivity index (χ0n) is 8.31. The fourth-order valence-corrected chi connectivity index (χ4v) is 0.876. The van der Waals surface area contributed by atoms with Gasteiger partial charge in [-0.1, -0.05) is 13.8 Å². The standard InChI is InChI=1S/C7H14N2.C2H6/c1-6(2)9-5-7(3)4-8-9;1-2/h5-6,8H,4H2,1-3H3;1-2H3. The lowest BCUT2D eigenvalue weighted by atomic mass is 10.3. The van der Waals surface area contributed by atoms with E-state index in [0.717, 1.165) is 6.54 Å². The molecule has 1 aliphatic rings. The van der Waals surface area contributed by atoms with Crippen molar-refractivity contribution in [3.8, 4) is 0 Å². The maximum Gasteiger partial charge on any atom is 0.0391 e. The number of hydrogen-bond donors (Lipinski definition) is 1. The first kappa shape index (κ1) is 10.5. The van der Waals surface area contributed by atoms with Crippen LogP contribution in [0.2, 0.25) is 0 Å². The SMILES string of the molecule is CC.CC1=CN(C(C)C)NC1. The number of hydrazine groups is 1. The van der Waals surface area contributed by atoms with Crippen molar-refractivity contribution < 1.29 is 0 Å². The first-order valence-corrected chi connectivity index (χ1v) is 4.39. The van der Waals surface area contributed by atoms with Gasteiger partial charge in [-0.15, -0.1) is 0 Å². The summed E-state index contributed by atoms with van der Waals surface area (Å²) < 4.78 is 0. The van der Waals surface area contributed by atoms with Gasteiger partial charge in [-0.25, -0.2) is 5.43 Å². The Labute approximate surface area is 70.2 Å². The highest BCUT2D eigenvalue weighted by atomic mass is 15.5. The smallest absolute Gasteiger partial charge is 0.0391 e. The minimum absolute atomic E-state index is 0.572. The van der Waals surface area contributed by atoms with E-state index in [1.54, 1.807) is 0 Å². The Balaban J connectivity index is 0.000000461. The molecule has 0 saturated carbocycles. The molecule has 0 atom stereocenters. The molecule has 0 radical (unpaired) electrons. The van der Waals surface area contributed by atoms with Gasteiger partial charge >= 0.3 is 0 Å². The van der Waals surface area contributed by atoms with Crippen LogP contribution in [0.25, 0.3) is 0 Å². The van der Waals surface area contributed by atoms with Crippen LogP contribution >= 0.6 is 0 Å². The molecule has 0 amide bonds. The Bertz CT molecular complexity index is 128. The maximum atomic E-state index is 3.25. The lowest BCUT2D eigenvalue weighted by Crippen LogP contribution is -2.34. The van der Waals surface area contributed by atoms with Gasteiger partial charge < -0.3 is 5.01 Å². The zero-order valence-corrected chi connectivity index (χ0v) is 8.31. The van der Waals surface area contributed by atoms with Gasteiger partial charge in [0.2, 0.25) is 0 Å². The molecule has 0 fully saturated rings. The second-order valence-corrected chi connectivity index (χ2v) is 2.81. The molecule has 0 aliphatic carbocycles. The van der Waals surface area contributed by atoms with Gasteiger partial charge in [-0.2, -0.15) is 0 Å².